The molecule has 0 aliphatic rings. The van der Waals surface area contributed by atoms with Gasteiger partial charge in [0.25, 0.3) is 0 Å². The molecule has 108 valence electrons. The summed E-state index contributed by atoms with van der Waals surface area (Å²) in [5, 5.41) is 4.83. The summed E-state index contributed by atoms with van der Waals surface area (Å²) in [7, 11) is -0.597. The summed E-state index contributed by atoms with van der Waals surface area (Å²) in [6.07, 6.45) is 2.14. The van der Waals surface area contributed by atoms with Crippen LogP contribution >= 0.6 is 19.3 Å². The maximum Gasteiger partial charge on any atom is 0.194 e. The van der Waals surface area contributed by atoms with E-state index in [2.05, 4.69) is 83.6 Å². The molecule has 0 saturated heterocycles. The van der Waals surface area contributed by atoms with Gasteiger partial charge in [0, 0.05) is 19.5 Å². The molecule has 0 unspecified atom stereocenters. The molecule has 4 heteroatoms. The molecular weight excluding hydrogens is 307 g/mol. The van der Waals surface area contributed by atoms with Crippen LogP contribution < -0.4 is 16.0 Å². The van der Waals surface area contributed by atoms with Gasteiger partial charge in [0.1, 0.15) is 0 Å². The molecule has 0 bridgehead atoms. The van der Waals surface area contributed by atoms with Crippen molar-refractivity contribution in [1.82, 2.24) is 9.38 Å². The minimum atomic E-state index is -0.597. The fourth-order valence-corrected chi connectivity index (χ4v) is 6.00. The van der Waals surface area contributed by atoms with Gasteiger partial charge < -0.3 is 0 Å². The highest BCUT2D eigenvalue weighted by Crippen LogP contribution is 2.34. The maximum absolute atomic E-state index is 4.74. The second kappa shape index (κ2) is 5.68. The number of fused-ring (bicyclic) bond motifs is 1. The van der Waals surface area contributed by atoms with Gasteiger partial charge >= 0.3 is 0 Å². The number of imidazole rings is 1. The Morgan fingerprint density at radius 1 is 0.909 bits per heavy atom. The highest BCUT2D eigenvalue weighted by molar-refractivity contribution is 7.79. The maximum atomic E-state index is 4.74. The molecule has 2 aromatic heterocycles. The number of aromatic nitrogens is 2. The van der Waals surface area contributed by atoms with Crippen LogP contribution in [0.3, 0.4) is 0 Å². The van der Waals surface area contributed by atoms with Crippen molar-refractivity contribution in [2.24, 2.45) is 0 Å². The van der Waals surface area contributed by atoms with Crippen molar-refractivity contribution >= 4 is 40.3 Å². The molecule has 0 atom stereocenters. The van der Waals surface area contributed by atoms with Gasteiger partial charge in [-0.3, -0.25) is 4.40 Å². The highest BCUT2D eigenvalue weighted by atomic mass is 32.1. The SMILES string of the molecule is Cc1nc2sccn2c1P(c1ccccc1)c1ccccc1. The Bertz CT molecular complexity index is 857. The largest absolute Gasteiger partial charge is 0.290 e. The fourth-order valence-electron chi connectivity index (χ4n) is 2.70. The fraction of sp³-hybridized carbons (Fsp3) is 0.0556. The molecule has 2 heterocycles. The summed E-state index contributed by atoms with van der Waals surface area (Å²) in [5.41, 5.74) is 2.45. The van der Waals surface area contributed by atoms with Crippen LogP contribution in [0.1, 0.15) is 5.69 Å². The number of aryl methyl sites for hydroxylation is 1. The van der Waals surface area contributed by atoms with Crippen LogP contribution in [-0.4, -0.2) is 9.38 Å². The van der Waals surface area contributed by atoms with E-state index in [9.17, 15) is 0 Å². The molecule has 0 fully saturated rings. The number of hydrogen-bond acceptors (Lipinski definition) is 2. The topological polar surface area (TPSA) is 17.3 Å². The number of thiazole rings is 1. The molecule has 0 saturated carbocycles. The van der Waals surface area contributed by atoms with Crippen LogP contribution in [0.15, 0.2) is 72.2 Å². The minimum Gasteiger partial charge on any atom is -0.290 e. The van der Waals surface area contributed by atoms with E-state index in [1.54, 1.807) is 11.3 Å². The average Bonchev–Trinajstić information content (AvgIpc) is 3.12. The highest BCUT2D eigenvalue weighted by Gasteiger charge is 2.23. The Kier molecular flexibility index (Phi) is 3.53. The monoisotopic (exact) mass is 322 g/mol. The predicted octanol–water partition coefficient (Wildman–Crippen LogP) is 3.46. The van der Waals surface area contributed by atoms with Gasteiger partial charge in [-0.15, -0.1) is 11.3 Å². The van der Waals surface area contributed by atoms with E-state index < -0.39 is 7.92 Å². The Morgan fingerprint density at radius 3 is 2.09 bits per heavy atom. The normalized spacial score (nSPS) is 11.4. The number of benzene rings is 2. The van der Waals surface area contributed by atoms with E-state index in [0.717, 1.165) is 10.7 Å². The zero-order valence-corrected chi connectivity index (χ0v) is 13.9. The molecule has 0 amide bonds. The van der Waals surface area contributed by atoms with Crippen LogP contribution in [0.4, 0.5) is 0 Å². The van der Waals surface area contributed by atoms with Crippen molar-refractivity contribution in [3.8, 4) is 0 Å². The third kappa shape index (κ3) is 2.27. The molecule has 0 aliphatic carbocycles. The van der Waals surface area contributed by atoms with Crippen LogP contribution in [0.25, 0.3) is 4.96 Å². The van der Waals surface area contributed by atoms with Gasteiger partial charge in [0.15, 0.2) is 4.96 Å². The molecule has 0 radical (unpaired) electrons. The molecule has 4 rings (SSSR count). The van der Waals surface area contributed by atoms with E-state index in [-0.39, 0.29) is 0 Å². The Balaban J connectivity index is 1.99. The van der Waals surface area contributed by atoms with E-state index in [1.165, 1.54) is 16.0 Å². The Hall–Kier alpha value is -1.96. The lowest BCUT2D eigenvalue weighted by atomic mass is 10.4. The average molecular weight is 322 g/mol. The summed E-state index contributed by atoms with van der Waals surface area (Å²) in [4.78, 5) is 5.82. The predicted molar refractivity (Wildman–Crippen MR) is 96.5 cm³/mol. The number of rotatable bonds is 3. The molecule has 0 spiro atoms. The van der Waals surface area contributed by atoms with E-state index in [4.69, 9.17) is 4.98 Å². The van der Waals surface area contributed by atoms with E-state index in [1.807, 2.05) is 0 Å². The lowest BCUT2D eigenvalue weighted by Gasteiger charge is -2.19. The quantitative estimate of drug-likeness (QED) is 0.528. The first-order valence-electron chi connectivity index (χ1n) is 7.17. The molecule has 0 N–H and O–H groups in total. The summed E-state index contributed by atoms with van der Waals surface area (Å²) in [6.45, 7) is 2.12. The third-order valence-corrected chi connectivity index (χ3v) is 6.99. The Morgan fingerprint density at radius 2 is 1.50 bits per heavy atom. The van der Waals surface area contributed by atoms with Crippen LogP contribution in [-0.2, 0) is 0 Å². The van der Waals surface area contributed by atoms with Crippen molar-refractivity contribution < 1.29 is 0 Å². The zero-order valence-electron chi connectivity index (χ0n) is 12.2. The van der Waals surface area contributed by atoms with Crippen molar-refractivity contribution in [2.45, 2.75) is 6.92 Å². The van der Waals surface area contributed by atoms with Crippen LogP contribution in [0.5, 0.6) is 0 Å². The zero-order chi connectivity index (χ0) is 14.9. The first-order valence-corrected chi connectivity index (χ1v) is 9.39. The lowest BCUT2D eigenvalue weighted by Crippen LogP contribution is -2.24. The number of hydrogen-bond donors (Lipinski definition) is 0. The Labute approximate surface area is 134 Å². The molecule has 2 aromatic carbocycles. The molecular formula is C18H15N2PS. The molecule has 22 heavy (non-hydrogen) atoms. The van der Waals surface area contributed by atoms with E-state index in [0.29, 0.717) is 0 Å². The van der Waals surface area contributed by atoms with Crippen molar-refractivity contribution in [3.05, 3.63) is 77.9 Å². The summed E-state index contributed by atoms with van der Waals surface area (Å²) < 4.78 is 2.26. The smallest absolute Gasteiger partial charge is 0.194 e. The van der Waals surface area contributed by atoms with Gasteiger partial charge in [0.2, 0.25) is 0 Å². The first kappa shape index (κ1) is 13.7. The van der Waals surface area contributed by atoms with Crippen molar-refractivity contribution in [3.63, 3.8) is 0 Å². The second-order valence-corrected chi connectivity index (χ2v) is 8.08. The number of nitrogens with zero attached hydrogens (tertiary/aromatic N) is 2. The lowest BCUT2D eigenvalue weighted by molar-refractivity contribution is 1.27. The van der Waals surface area contributed by atoms with Gasteiger partial charge in [-0.2, -0.15) is 0 Å². The standard InChI is InChI=1S/C18H15N2PS/c1-14-17(20-12-13-22-18(20)19-14)21(15-8-4-2-5-9-15)16-10-6-3-7-11-16/h2-13H,1H3. The minimum absolute atomic E-state index is 0.597. The van der Waals surface area contributed by atoms with Gasteiger partial charge in [-0.25, -0.2) is 4.98 Å². The van der Waals surface area contributed by atoms with Crippen molar-refractivity contribution in [2.75, 3.05) is 0 Å². The van der Waals surface area contributed by atoms with Gasteiger partial charge in [-0.1, -0.05) is 60.7 Å². The third-order valence-electron chi connectivity index (χ3n) is 3.65. The van der Waals surface area contributed by atoms with Crippen molar-refractivity contribution in [1.29, 1.82) is 0 Å². The summed E-state index contributed by atoms with van der Waals surface area (Å²) in [6, 6.07) is 21.5. The molecule has 2 nitrogen and oxygen atoms in total. The van der Waals surface area contributed by atoms with Crippen LogP contribution in [0.2, 0.25) is 0 Å². The summed E-state index contributed by atoms with van der Waals surface area (Å²) in [5.74, 6) is 0. The molecule has 0 aliphatic heterocycles. The van der Waals surface area contributed by atoms with Gasteiger partial charge in [-0.05, 0) is 17.5 Å². The van der Waals surface area contributed by atoms with E-state index >= 15 is 0 Å². The van der Waals surface area contributed by atoms with Gasteiger partial charge in [0.05, 0.1) is 11.1 Å². The second-order valence-electron chi connectivity index (χ2n) is 5.08. The molecule has 4 aromatic rings. The summed E-state index contributed by atoms with van der Waals surface area (Å²) >= 11 is 1.69. The van der Waals surface area contributed by atoms with Crippen LogP contribution in [0, 0.1) is 6.92 Å². The first-order chi connectivity index (χ1) is 10.8.